The number of rotatable bonds is 6. The Balaban J connectivity index is 1.20. The molecule has 0 bridgehead atoms. The zero-order chi connectivity index (χ0) is 20.9. The number of fused-ring (bicyclic) bond motifs is 2. The average molecular weight is 405 g/mol. The predicted octanol–water partition coefficient (Wildman–Crippen LogP) is 3.73. The summed E-state index contributed by atoms with van der Waals surface area (Å²) in [4.78, 5) is 18.7. The minimum absolute atomic E-state index is 0.203. The Labute approximate surface area is 177 Å². The van der Waals surface area contributed by atoms with Crippen molar-refractivity contribution in [3.63, 3.8) is 0 Å². The van der Waals surface area contributed by atoms with Crippen LogP contribution >= 0.6 is 0 Å². The number of carbonyl (C=O) groups is 1. The number of nitrogens with one attached hydrogen (secondary N) is 2. The highest BCUT2D eigenvalue weighted by atomic mass is 16.3. The van der Waals surface area contributed by atoms with Gasteiger partial charge in [-0.2, -0.15) is 0 Å². The van der Waals surface area contributed by atoms with Gasteiger partial charge in [-0.25, -0.2) is 0 Å². The van der Waals surface area contributed by atoms with Gasteiger partial charge < -0.3 is 20.0 Å². The monoisotopic (exact) mass is 404 g/mol. The second-order valence-corrected chi connectivity index (χ2v) is 7.62. The molecule has 156 valence electrons. The normalized spacial score (nSPS) is 13.5. The van der Waals surface area contributed by atoms with Gasteiger partial charge in [0.05, 0.1) is 6.54 Å². The molecule has 2 aromatic carbocycles. The Hall–Kier alpha value is -3.28. The highest BCUT2D eigenvalue weighted by Crippen LogP contribution is 2.25. The van der Waals surface area contributed by atoms with Crippen molar-refractivity contribution in [3.8, 4) is 0 Å². The Morgan fingerprint density at radius 3 is 2.47 bits per heavy atom. The van der Waals surface area contributed by atoms with Crippen molar-refractivity contribution in [3.05, 3.63) is 71.0 Å². The number of nitrogens with zero attached hydrogens (tertiary/aromatic N) is 2. The van der Waals surface area contributed by atoms with Gasteiger partial charge in [0.25, 0.3) is 0 Å². The molecule has 0 unspecified atom stereocenters. The summed E-state index contributed by atoms with van der Waals surface area (Å²) < 4.78 is 5.94. The van der Waals surface area contributed by atoms with E-state index in [9.17, 15) is 4.79 Å². The smallest absolute Gasteiger partial charge is 0.223 e. The fraction of sp³-hybridized carbons (Fsp3) is 0.333. The van der Waals surface area contributed by atoms with Crippen molar-refractivity contribution in [1.29, 1.82) is 0 Å². The Morgan fingerprint density at radius 1 is 1.07 bits per heavy atom. The number of hydrogen-bond donors (Lipinski definition) is 2. The van der Waals surface area contributed by atoms with Gasteiger partial charge in [0.2, 0.25) is 5.91 Å². The molecular weight excluding hydrogens is 376 g/mol. The molecular formula is C24H28N4O2. The number of guanidine groups is 1. The topological polar surface area (TPSA) is 69.9 Å². The Bertz CT molecular complexity index is 1050. The third-order valence-corrected chi connectivity index (χ3v) is 5.64. The van der Waals surface area contributed by atoms with Crippen molar-refractivity contribution in [2.24, 2.45) is 4.99 Å². The highest BCUT2D eigenvalue weighted by Gasteiger charge is 2.22. The van der Waals surface area contributed by atoms with E-state index in [-0.39, 0.29) is 5.91 Å². The lowest BCUT2D eigenvalue weighted by Crippen LogP contribution is -2.37. The average Bonchev–Trinajstić information content (AvgIpc) is 3.35. The summed E-state index contributed by atoms with van der Waals surface area (Å²) in [5.74, 6) is 1.81. The van der Waals surface area contributed by atoms with Gasteiger partial charge in [0, 0.05) is 44.1 Å². The fourth-order valence-electron chi connectivity index (χ4n) is 3.89. The molecule has 3 aromatic rings. The molecule has 30 heavy (non-hydrogen) atoms. The zero-order valence-electron chi connectivity index (χ0n) is 17.6. The number of aliphatic imine (C=N–C) groups is 1. The fourth-order valence-corrected chi connectivity index (χ4v) is 3.89. The first-order valence-corrected chi connectivity index (χ1v) is 10.4. The zero-order valence-corrected chi connectivity index (χ0v) is 17.6. The molecule has 4 rings (SSSR count). The summed E-state index contributed by atoms with van der Waals surface area (Å²) in [5, 5.41) is 7.71. The third-order valence-electron chi connectivity index (χ3n) is 5.64. The molecule has 6 heteroatoms. The maximum atomic E-state index is 12.5. The van der Waals surface area contributed by atoms with E-state index in [0.717, 1.165) is 41.8 Å². The quantitative estimate of drug-likeness (QED) is 0.373. The van der Waals surface area contributed by atoms with E-state index in [1.54, 1.807) is 7.05 Å². The first kappa shape index (κ1) is 20.0. The van der Waals surface area contributed by atoms with Crippen LogP contribution in [0.1, 0.15) is 35.3 Å². The SMILES string of the molecule is CN=C(NCCCC(=O)N1Cc2ccccc2C1)NCc1oc2ccccc2c1C. The van der Waals surface area contributed by atoms with Gasteiger partial charge in [0.1, 0.15) is 11.3 Å². The summed E-state index contributed by atoms with van der Waals surface area (Å²) >= 11 is 0. The van der Waals surface area contributed by atoms with Crippen molar-refractivity contribution in [2.75, 3.05) is 13.6 Å². The van der Waals surface area contributed by atoms with E-state index in [0.29, 0.717) is 25.5 Å². The van der Waals surface area contributed by atoms with Crippen molar-refractivity contribution in [2.45, 2.75) is 39.4 Å². The second kappa shape index (κ2) is 9.03. The summed E-state index contributed by atoms with van der Waals surface area (Å²) in [6.07, 6.45) is 1.29. The maximum Gasteiger partial charge on any atom is 0.223 e. The number of hydrogen-bond acceptors (Lipinski definition) is 3. The van der Waals surface area contributed by atoms with Gasteiger partial charge in [-0.05, 0) is 30.5 Å². The minimum Gasteiger partial charge on any atom is -0.459 e. The molecule has 0 fully saturated rings. The molecule has 0 saturated carbocycles. The van der Waals surface area contributed by atoms with E-state index < -0.39 is 0 Å². The largest absolute Gasteiger partial charge is 0.459 e. The molecule has 0 radical (unpaired) electrons. The molecule has 0 aliphatic carbocycles. The number of amides is 1. The number of aryl methyl sites for hydroxylation is 1. The number of para-hydroxylation sites is 1. The first-order valence-electron chi connectivity index (χ1n) is 10.4. The van der Waals surface area contributed by atoms with Crippen LogP contribution in [-0.2, 0) is 24.4 Å². The summed E-state index contributed by atoms with van der Waals surface area (Å²) in [5.41, 5.74) is 4.56. The molecule has 2 heterocycles. The lowest BCUT2D eigenvalue weighted by atomic mass is 10.1. The molecule has 0 spiro atoms. The second-order valence-electron chi connectivity index (χ2n) is 7.62. The Kier molecular flexibility index (Phi) is 6.02. The van der Waals surface area contributed by atoms with E-state index in [1.807, 2.05) is 35.2 Å². The van der Waals surface area contributed by atoms with Gasteiger partial charge in [-0.3, -0.25) is 9.79 Å². The van der Waals surface area contributed by atoms with Crippen LogP contribution in [0, 0.1) is 6.92 Å². The standard InChI is InChI=1S/C24H28N4O2/c1-17-20-10-5-6-11-21(20)30-22(17)14-27-24(25-2)26-13-7-12-23(29)28-15-18-8-3-4-9-19(18)16-28/h3-6,8-11H,7,12-16H2,1-2H3,(H2,25,26,27). The first-order chi connectivity index (χ1) is 14.7. The summed E-state index contributed by atoms with van der Waals surface area (Å²) in [7, 11) is 1.74. The minimum atomic E-state index is 0.203. The predicted molar refractivity (Wildman–Crippen MR) is 119 cm³/mol. The maximum absolute atomic E-state index is 12.5. The van der Waals surface area contributed by atoms with Crippen LogP contribution in [0.4, 0.5) is 0 Å². The van der Waals surface area contributed by atoms with E-state index in [1.165, 1.54) is 11.1 Å². The van der Waals surface area contributed by atoms with Crippen LogP contribution in [0.5, 0.6) is 0 Å². The van der Waals surface area contributed by atoms with E-state index in [2.05, 4.69) is 40.7 Å². The molecule has 1 aliphatic heterocycles. The number of benzene rings is 2. The van der Waals surface area contributed by atoms with Crippen LogP contribution in [0.25, 0.3) is 11.0 Å². The van der Waals surface area contributed by atoms with Crippen LogP contribution in [0.2, 0.25) is 0 Å². The number of furan rings is 1. The summed E-state index contributed by atoms with van der Waals surface area (Å²) in [6, 6.07) is 16.3. The van der Waals surface area contributed by atoms with Gasteiger partial charge in [-0.15, -0.1) is 0 Å². The van der Waals surface area contributed by atoms with Crippen molar-refractivity contribution in [1.82, 2.24) is 15.5 Å². The van der Waals surface area contributed by atoms with Gasteiger partial charge in [0.15, 0.2) is 5.96 Å². The van der Waals surface area contributed by atoms with E-state index >= 15 is 0 Å². The van der Waals surface area contributed by atoms with Crippen LogP contribution in [0.3, 0.4) is 0 Å². The molecule has 0 atom stereocenters. The lowest BCUT2D eigenvalue weighted by Gasteiger charge is -2.16. The molecule has 6 nitrogen and oxygen atoms in total. The van der Waals surface area contributed by atoms with Crippen LogP contribution in [0.15, 0.2) is 57.9 Å². The molecule has 2 N–H and O–H groups in total. The molecule has 1 aliphatic rings. The van der Waals surface area contributed by atoms with Crippen LogP contribution in [-0.4, -0.2) is 30.4 Å². The summed E-state index contributed by atoms with van der Waals surface area (Å²) in [6.45, 7) is 4.77. The lowest BCUT2D eigenvalue weighted by molar-refractivity contribution is -0.131. The van der Waals surface area contributed by atoms with Crippen molar-refractivity contribution >= 4 is 22.8 Å². The third kappa shape index (κ3) is 4.32. The molecule has 1 aromatic heterocycles. The molecule has 1 amide bonds. The highest BCUT2D eigenvalue weighted by molar-refractivity contribution is 5.83. The van der Waals surface area contributed by atoms with Gasteiger partial charge >= 0.3 is 0 Å². The number of carbonyl (C=O) groups excluding carboxylic acids is 1. The van der Waals surface area contributed by atoms with Crippen molar-refractivity contribution < 1.29 is 9.21 Å². The Morgan fingerprint density at radius 2 is 1.77 bits per heavy atom. The van der Waals surface area contributed by atoms with Crippen LogP contribution < -0.4 is 10.6 Å². The van der Waals surface area contributed by atoms with E-state index in [4.69, 9.17) is 4.42 Å². The molecule has 0 saturated heterocycles. The van der Waals surface area contributed by atoms with Gasteiger partial charge in [-0.1, -0.05) is 42.5 Å².